The highest BCUT2D eigenvalue weighted by Crippen LogP contribution is 2.29. The lowest BCUT2D eigenvalue weighted by molar-refractivity contribution is -0.115. The van der Waals surface area contributed by atoms with Crippen molar-refractivity contribution < 1.29 is 9.53 Å². The molecule has 0 radical (unpaired) electrons. The van der Waals surface area contributed by atoms with Gasteiger partial charge in [0.1, 0.15) is 5.75 Å². The van der Waals surface area contributed by atoms with Crippen LogP contribution in [-0.4, -0.2) is 31.1 Å². The Morgan fingerprint density at radius 2 is 1.96 bits per heavy atom. The zero-order valence-corrected chi connectivity index (χ0v) is 15.6. The fraction of sp³-hybridized carbons (Fsp3) is 0.318. The fourth-order valence-electron chi connectivity index (χ4n) is 3.79. The van der Waals surface area contributed by atoms with Crippen molar-refractivity contribution in [2.45, 2.75) is 25.7 Å². The third-order valence-electron chi connectivity index (χ3n) is 5.20. The number of nitrogens with zero attached hydrogens (tertiary/aromatic N) is 1. The molecule has 5 heteroatoms. The number of aromatic amines is 1. The van der Waals surface area contributed by atoms with Crippen LogP contribution < -0.4 is 15.0 Å². The summed E-state index contributed by atoms with van der Waals surface area (Å²) >= 11 is 0. The predicted octanol–water partition coefficient (Wildman–Crippen LogP) is 4.35. The lowest BCUT2D eigenvalue weighted by Crippen LogP contribution is -2.30. The van der Waals surface area contributed by atoms with Crippen LogP contribution in [-0.2, 0) is 11.2 Å². The number of piperidine rings is 1. The smallest absolute Gasteiger partial charge is 0.228 e. The normalized spacial score (nSPS) is 14.3. The van der Waals surface area contributed by atoms with Crippen LogP contribution in [0.2, 0.25) is 0 Å². The number of rotatable bonds is 5. The molecule has 0 aliphatic carbocycles. The molecule has 1 aliphatic rings. The summed E-state index contributed by atoms with van der Waals surface area (Å²) in [7, 11) is 1.65. The van der Waals surface area contributed by atoms with Gasteiger partial charge < -0.3 is 19.9 Å². The second-order valence-electron chi connectivity index (χ2n) is 7.02. The Kier molecular flexibility index (Phi) is 5.01. The minimum atomic E-state index is -0.0109. The minimum absolute atomic E-state index is 0.0109. The summed E-state index contributed by atoms with van der Waals surface area (Å²) in [6.07, 6.45) is 5.93. The maximum atomic E-state index is 12.7. The number of ether oxygens (including phenoxy) is 1. The molecule has 0 spiro atoms. The molecule has 3 aromatic rings. The molecule has 1 aromatic heterocycles. The number of hydrogen-bond donors (Lipinski definition) is 2. The van der Waals surface area contributed by atoms with Crippen LogP contribution in [0, 0.1) is 0 Å². The first-order chi connectivity index (χ1) is 13.2. The van der Waals surface area contributed by atoms with E-state index < -0.39 is 0 Å². The number of methoxy groups -OCH3 is 1. The topological polar surface area (TPSA) is 57.4 Å². The molecule has 0 bridgehead atoms. The van der Waals surface area contributed by atoms with Crippen LogP contribution in [0.1, 0.15) is 24.8 Å². The largest absolute Gasteiger partial charge is 0.497 e. The molecule has 1 aliphatic heterocycles. The van der Waals surface area contributed by atoms with Crippen LogP contribution in [0.25, 0.3) is 10.9 Å². The number of amides is 1. The van der Waals surface area contributed by atoms with E-state index in [1.54, 1.807) is 7.11 Å². The molecule has 4 rings (SSSR count). The van der Waals surface area contributed by atoms with Crippen molar-refractivity contribution >= 4 is 28.2 Å². The van der Waals surface area contributed by atoms with Crippen molar-refractivity contribution in [3.8, 4) is 5.75 Å². The average Bonchev–Trinajstić information content (AvgIpc) is 3.11. The number of para-hydroxylation sites is 2. The SMILES string of the molecule is COc1ccc2[nH]cc(CC(=O)Nc3ccccc3N3CCCCC3)c2c1. The third kappa shape index (κ3) is 3.77. The van der Waals surface area contributed by atoms with Gasteiger partial charge in [0.25, 0.3) is 0 Å². The molecule has 2 heterocycles. The van der Waals surface area contributed by atoms with Gasteiger partial charge in [0.15, 0.2) is 0 Å². The second kappa shape index (κ2) is 7.74. The van der Waals surface area contributed by atoms with Crippen LogP contribution in [0.3, 0.4) is 0 Å². The van der Waals surface area contributed by atoms with Gasteiger partial charge in [0.2, 0.25) is 5.91 Å². The first-order valence-electron chi connectivity index (χ1n) is 9.52. The fourth-order valence-corrected chi connectivity index (χ4v) is 3.79. The number of H-pyrrole nitrogens is 1. The van der Waals surface area contributed by atoms with Crippen molar-refractivity contribution in [3.05, 3.63) is 54.2 Å². The van der Waals surface area contributed by atoms with Crippen molar-refractivity contribution in [3.63, 3.8) is 0 Å². The summed E-state index contributed by atoms with van der Waals surface area (Å²) in [5, 5.41) is 4.14. The lowest BCUT2D eigenvalue weighted by atomic mass is 10.1. The maximum absolute atomic E-state index is 12.7. The summed E-state index contributed by atoms with van der Waals surface area (Å²) in [5.41, 5.74) is 3.98. The molecule has 140 valence electrons. The van der Waals surface area contributed by atoms with Crippen LogP contribution >= 0.6 is 0 Å². The Hall–Kier alpha value is -2.95. The molecular formula is C22H25N3O2. The van der Waals surface area contributed by atoms with E-state index >= 15 is 0 Å². The van der Waals surface area contributed by atoms with E-state index in [-0.39, 0.29) is 5.91 Å². The van der Waals surface area contributed by atoms with E-state index in [2.05, 4.69) is 21.3 Å². The monoisotopic (exact) mass is 363 g/mol. The van der Waals surface area contributed by atoms with Gasteiger partial charge in [0.05, 0.1) is 24.9 Å². The number of nitrogens with one attached hydrogen (secondary N) is 2. The zero-order valence-electron chi connectivity index (χ0n) is 15.6. The second-order valence-corrected chi connectivity index (χ2v) is 7.02. The van der Waals surface area contributed by atoms with Gasteiger partial charge in [-0.05, 0) is 55.2 Å². The Labute approximate surface area is 159 Å². The molecule has 27 heavy (non-hydrogen) atoms. The first kappa shape index (κ1) is 17.5. The van der Waals surface area contributed by atoms with Crippen molar-refractivity contribution in [2.75, 3.05) is 30.4 Å². The summed E-state index contributed by atoms with van der Waals surface area (Å²) in [4.78, 5) is 18.3. The van der Waals surface area contributed by atoms with Crippen molar-refractivity contribution in [1.29, 1.82) is 0 Å². The van der Waals surface area contributed by atoms with E-state index in [1.165, 1.54) is 19.3 Å². The molecule has 1 amide bonds. The Morgan fingerprint density at radius 1 is 1.15 bits per heavy atom. The zero-order chi connectivity index (χ0) is 18.6. The minimum Gasteiger partial charge on any atom is -0.497 e. The molecule has 1 fully saturated rings. The van der Waals surface area contributed by atoms with E-state index in [1.807, 2.05) is 42.6 Å². The molecule has 5 nitrogen and oxygen atoms in total. The molecule has 2 N–H and O–H groups in total. The number of anilines is 2. The van der Waals surface area contributed by atoms with Crippen molar-refractivity contribution in [2.24, 2.45) is 0 Å². The van der Waals surface area contributed by atoms with Gasteiger partial charge in [-0.25, -0.2) is 0 Å². The molecular weight excluding hydrogens is 338 g/mol. The van der Waals surface area contributed by atoms with E-state index in [9.17, 15) is 4.79 Å². The number of carbonyl (C=O) groups excluding carboxylic acids is 1. The molecule has 1 saturated heterocycles. The number of fused-ring (bicyclic) bond motifs is 1. The first-order valence-corrected chi connectivity index (χ1v) is 9.52. The van der Waals surface area contributed by atoms with Crippen LogP contribution in [0.4, 0.5) is 11.4 Å². The van der Waals surface area contributed by atoms with Gasteiger partial charge >= 0.3 is 0 Å². The molecule has 0 atom stereocenters. The van der Waals surface area contributed by atoms with E-state index in [0.29, 0.717) is 6.42 Å². The summed E-state index contributed by atoms with van der Waals surface area (Å²) in [6, 6.07) is 13.9. The summed E-state index contributed by atoms with van der Waals surface area (Å²) in [5.74, 6) is 0.780. The third-order valence-corrected chi connectivity index (χ3v) is 5.20. The Morgan fingerprint density at radius 3 is 2.78 bits per heavy atom. The highest BCUT2D eigenvalue weighted by atomic mass is 16.5. The van der Waals surface area contributed by atoms with Gasteiger partial charge in [-0.15, -0.1) is 0 Å². The summed E-state index contributed by atoms with van der Waals surface area (Å²) < 4.78 is 5.31. The van der Waals surface area contributed by atoms with Crippen LogP contribution in [0.5, 0.6) is 5.75 Å². The highest BCUT2D eigenvalue weighted by molar-refractivity contribution is 5.98. The standard InChI is InChI=1S/C22H25N3O2/c1-27-17-9-10-19-18(14-17)16(15-23-19)13-22(26)24-20-7-3-4-8-21(20)25-11-5-2-6-12-25/h3-4,7-10,14-15,23H,2,5-6,11-13H2,1H3,(H,24,26). The molecule has 0 unspecified atom stereocenters. The van der Waals surface area contributed by atoms with Gasteiger partial charge in [-0.2, -0.15) is 0 Å². The Bertz CT molecular complexity index is 942. The number of aromatic nitrogens is 1. The maximum Gasteiger partial charge on any atom is 0.228 e. The Balaban J connectivity index is 1.52. The number of benzene rings is 2. The number of carbonyl (C=O) groups is 1. The molecule has 2 aromatic carbocycles. The van der Waals surface area contributed by atoms with E-state index in [0.717, 1.165) is 46.7 Å². The van der Waals surface area contributed by atoms with Gasteiger partial charge in [-0.3, -0.25) is 4.79 Å². The quantitative estimate of drug-likeness (QED) is 0.709. The lowest BCUT2D eigenvalue weighted by Gasteiger charge is -2.30. The van der Waals surface area contributed by atoms with E-state index in [4.69, 9.17) is 4.74 Å². The average molecular weight is 363 g/mol. The highest BCUT2D eigenvalue weighted by Gasteiger charge is 2.16. The summed E-state index contributed by atoms with van der Waals surface area (Å²) in [6.45, 7) is 2.10. The van der Waals surface area contributed by atoms with Gasteiger partial charge in [0, 0.05) is 30.2 Å². The molecule has 0 saturated carbocycles. The van der Waals surface area contributed by atoms with Crippen LogP contribution in [0.15, 0.2) is 48.7 Å². The van der Waals surface area contributed by atoms with Crippen molar-refractivity contribution in [1.82, 2.24) is 4.98 Å². The predicted molar refractivity (Wildman–Crippen MR) is 110 cm³/mol. The van der Waals surface area contributed by atoms with Gasteiger partial charge in [-0.1, -0.05) is 12.1 Å². The number of hydrogen-bond acceptors (Lipinski definition) is 3.